The second-order valence-electron chi connectivity index (χ2n) is 3.20. The van der Waals surface area contributed by atoms with E-state index in [-0.39, 0.29) is 5.91 Å². The van der Waals surface area contributed by atoms with Gasteiger partial charge in [0.2, 0.25) is 0 Å². The van der Waals surface area contributed by atoms with Crippen LogP contribution in [0.2, 0.25) is 0 Å². The SMILES string of the molecule is COCCCCNC(=O)c1cccnc1. The third-order valence-corrected chi connectivity index (χ3v) is 1.98. The highest BCUT2D eigenvalue weighted by atomic mass is 16.5. The molecule has 0 bridgehead atoms. The second kappa shape index (κ2) is 6.95. The number of nitrogens with one attached hydrogen (secondary N) is 1. The van der Waals surface area contributed by atoms with Crippen LogP contribution in [0.4, 0.5) is 0 Å². The van der Waals surface area contributed by atoms with Gasteiger partial charge in [-0.05, 0) is 25.0 Å². The molecule has 15 heavy (non-hydrogen) atoms. The summed E-state index contributed by atoms with van der Waals surface area (Å²) in [5, 5.41) is 2.82. The quantitative estimate of drug-likeness (QED) is 0.715. The van der Waals surface area contributed by atoms with Crippen molar-refractivity contribution < 1.29 is 9.53 Å². The molecule has 4 nitrogen and oxygen atoms in total. The van der Waals surface area contributed by atoms with Crippen molar-refractivity contribution >= 4 is 5.91 Å². The number of pyridine rings is 1. The molecule has 0 aromatic carbocycles. The summed E-state index contributed by atoms with van der Waals surface area (Å²) >= 11 is 0. The van der Waals surface area contributed by atoms with E-state index in [0.717, 1.165) is 19.4 Å². The number of ether oxygens (including phenoxy) is 1. The van der Waals surface area contributed by atoms with Crippen molar-refractivity contribution in [2.45, 2.75) is 12.8 Å². The highest BCUT2D eigenvalue weighted by molar-refractivity contribution is 5.93. The Morgan fingerprint density at radius 2 is 2.40 bits per heavy atom. The molecular weight excluding hydrogens is 192 g/mol. The van der Waals surface area contributed by atoms with Gasteiger partial charge in [-0.1, -0.05) is 0 Å². The van der Waals surface area contributed by atoms with Crippen LogP contribution in [0.15, 0.2) is 24.5 Å². The van der Waals surface area contributed by atoms with Crippen LogP contribution in [0, 0.1) is 0 Å². The Balaban J connectivity index is 2.20. The van der Waals surface area contributed by atoms with Crippen LogP contribution >= 0.6 is 0 Å². The van der Waals surface area contributed by atoms with Crippen LogP contribution in [-0.4, -0.2) is 31.2 Å². The molecule has 1 amide bonds. The fourth-order valence-electron chi connectivity index (χ4n) is 1.17. The number of hydrogen-bond acceptors (Lipinski definition) is 3. The van der Waals surface area contributed by atoms with Crippen molar-refractivity contribution in [1.29, 1.82) is 0 Å². The molecule has 4 heteroatoms. The molecular formula is C11H16N2O2. The minimum atomic E-state index is -0.0690. The van der Waals surface area contributed by atoms with Crippen molar-refractivity contribution in [3.8, 4) is 0 Å². The Kier molecular flexibility index (Phi) is 5.40. The highest BCUT2D eigenvalue weighted by Crippen LogP contribution is 1.95. The first kappa shape index (κ1) is 11.7. The van der Waals surface area contributed by atoms with Crippen molar-refractivity contribution in [2.24, 2.45) is 0 Å². The van der Waals surface area contributed by atoms with Crippen LogP contribution in [0.3, 0.4) is 0 Å². The average Bonchev–Trinajstić information content (AvgIpc) is 2.30. The second-order valence-corrected chi connectivity index (χ2v) is 3.20. The largest absolute Gasteiger partial charge is 0.385 e. The number of methoxy groups -OCH3 is 1. The van der Waals surface area contributed by atoms with Crippen molar-refractivity contribution in [3.05, 3.63) is 30.1 Å². The van der Waals surface area contributed by atoms with Gasteiger partial charge in [-0.3, -0.25) is 9.78 Å². The van der Waals surface area contributed by atoms with Gasteiger partial charge in [-0.25, -0.2) is 0 Å². The third kappa shape index (κ3) is 4.56. The van der Waals surface area contributed by atoms with E-state index >= 15 is 0 Å². The predicted octanol–water partition coefficient (Wildman–Crippen LogP) is 1.24. The summed E-state index contributed by atoms with van der Waals surface area (Å²) in [6.45, 7) is 1.42. The predicted molar refractivity (Wildman–Crippen MR) is 57.7 cm³/mol. The first-order chi connectivity index (χ1) is 7.34. The number of unbranched alkanes of at least 4 members (excludes halogenated alkanes) is 1. The fourth-order valence-corrected chi connectivity index (χ4v) is 1.17. The monoisotopic (exact) mass is 208 g/mol. The van der Waals surface area contributed by atoms with E-state index in [2.05, 4.69) is 10.3 Å². The van der Waals surface area contributed by atoms with Gasteiger partial charge >= 0.3 is 0 Å². The molecule has 0 atom stereocenters. The van der Waals surface area contributed by atoms with Crippen molar-refractivity contribution in [2.75, 3.05) is 20.3 Å². The van der Waals surface area contributed by atoms with Gasteiger partial charge in [0.05, 0.1) is 5.56 Å². The van der Waals surface area contributed by atoms with E-state index in [9.17, 15) is 4.79 Å². The lowest BCUT2D eigenvalue weighted by Gasteiger charge is -2.04. The number of aromatic nitrogens is 1. The Labute approximate surface area is 89.7 Å². The maximum atomic E-state index is 11.5. The number of amides is 1. The van der Waals surface area contributed by atoms with Gasteiger partial charge in [-0.15, -0.1) is 0 Å². The summed E-state index contributed by atoms with van der Waals surface area (Å²) in [5.74, 6) is -0.0690. The zero-order valence-electron chi connectivity index (χ0n) is 8.90. The zero-order chi connectivity index (χ0) is 10.9. The number of hydrogen-bond donors (Lipinski definition) is 1. The molecule has 1 rings (SSSR count). The van der Waals surface area contributed by atoms with E-state index < -0.39 is 0 Å². The Bertz CT molecular complexity index is 288. The molecule has 0 aliphatic carbocycles. The molecule has 0 saturated heterocycles. The molecule has 0 radical (unpaired) electrons. The normalized spacial score (nSPS) is 9.93. The van der Waals surface area contributed by atoms with Crippen LogP contribution in [-0.2, 0) is 4.74 Å². The van der Waals surface area contributed by atoms with Gasteiger partial charge in [0.15, 0.2) is 0 Å². The third-order valence-electron chi connectivity index (χ3n) is 1.98. The van der Waals surface area contributed by atoms with Crippen molar-refractivity contribution in [1.82, 2.24) is 10.3 Å². The Morgan fingerprint density at radius 1 is 1.53 bits per heavy atom. The molecule has 1 N–H and O–H groups in total. The number of carbonyl (C=O) groups is 1. The molecule has 1 heterocycles. The number of nitrogens with zero attached hydrogens (tertiary/aromatic N) is 1. The summed E-state index contributed by atoms with van der Waals surface area (Å²) in [4.78, 5) is 15.4. The summed E-state index contributed by atoms with van der Waals surface area (Å²) in [6.07, 6.45) is 5.10. The van der Waals surface area contributed by atoms with Crippen LogP contribution < -0.4 is 5.32 Å². The average molecular weight is 208 g/mol. The van der Waals surface area contributed by atoms with E-state index in [1.54, 1.807) is 31.6 Å². The molecule has 0 unspecified atom stereocenters. The highest BCUT2D eigenvalue weighted by Gasteiger charge is 2.02. The minimum Gasteiger partial charge on any atom is -0.385 e. The lowest BCUT2D eigenvalue weighted by molar-refractivity contribution is 0.0951. The summed E-state index contributed by atoms with van der Waals surface area (Å²) in [7, 11) is 1.67. The first-order valence-corrected chi connectivity index (χ1v) is 5.02. The molecule has 1 aromatic heterocycles. The molecule has 0 fully saturated rings. The van der Waals surface area contributed by atoms with Crippen LogP contribution in [0.5, 0.6) is 0 Å². The van der Waals surface area contributed by atoms with Crippen LogP contribution in [0.1, 0.15) is 23.2 Å². The minimum absolute atomic E-state index is 0.0690. The maximum absolute atomic E-state index is 11.5. The van der Waals surface area contributed by atoms with Gasteiger partial charge in [0.1, 0.15) is 0 Å². The van der Waals surface area contributed by atoms with E-state index in [1.807, 2.05) is 0 Å². The lowest BCUT2D eigenvalue weighted by Crippen LogP contribution is -2.24. The number of carbonyl (C=O) groups excluding carboxylic acids is 1. The van der Waals surface area contributed by atoms with Gasteiger partial charge in [0, 0.05) is 32.7 Å². The van der Waals surface area contributed by atoms with Gasteiger partial charge in [-0.2, -0.15) is 0 Å². The van der Waals surface area contributed by atoms with Crippen LogP contribution in [0.25, 0.3) is 0 Å². The van der Waals surface area contributed by atoms with Gasteiger partial charge in [0.25, 0.3) is 5.91 Å². The smallest absolute Gasteiger partial charge is 0.252 e. The van der Waals surface area contributed by atoms with Crippen molar-refractivity contribution in [3.63, 3.8) is 0 Å². The Hall–Kier alpha value is -1.42. The summed E-state index contributed by atoms with van der Waals surface area (Å²) in [5.41, 5.74) is 0.601. The molecule has 0 saturated carbocycles. The van der Waals surface area contributed by atoms with Gasteiger partial charge < -0.3 is 10.1 Å². The molecule has 0 spiro atoms. The molecule has 0 aliphatic rings. The molecule has 82 valence electrons. The summed E-state index contributed by atoms with van der Waals surface area (Å²) in [6, 6.07) is 3.50. The lowest BCUT2D eigenvalue weighted by atomic mass is 10.2. The summed E-state index contributed by atoms with van der Waals surface area (Å²) < 4.78 is 4.91. The first-order valence-electron chi connectivity index (χ1n) is 5.02. The topological polar surface area (TPSA) is 51.2 Å². The Morgan fingerprint density at radius 3 is 3.07 bits per heavy atom. The zero-order valence-corrected chi connectivity index (χ0v) is 8.90. The van der Waals surface area contributed by atoms with E-state index in [1.165, 1.54) is 0 Å². The number of rotatable bonds is 6. The standard InChI is InChI=1S/C11H16N2O2/c1-15-8-3-2-7-13-11(14)10-5-4-6-12-9-10/h4-6,9H,2-3,7-8H2,1H3,(H,13,14). The van der Waals surface area contributed by atoms with E-state index in [0.29, 0.717) is 12.1 Å². The molecule has 0 aliphatic heterocycles. The van der Waals surface area contributed by atoms with E-state index in [4.69, 9.17) is 4.74 Å². The fraction of sp³-hybridized carbons (Fsp3) is 0.455. The molecule has 1 aromatic rings. The maximum Gasteiger partial charge on any atom is 0.252 e.